The molecule has 1 aliphatic heterocycles. The summed E-state index contributed by atoms with van der Waals surface area (Å²) in [4.78, 5) is 33.7. The fourth-order valence-electron chi connectivity index (χ4n) is 4.20. The minimum absolute atomic E-state index is 0.163. The lowest BCUT2D eigenvalue weighted by molar-refractivity contribution is 0.102. The normalized spacial score (nSPS) is 16.4. The predicted octanol–water partition coefficient (Wildman–Crippen LogP) is 4.24. The third-order valence-corrected chi connectivity index (χ3v) is 7.20. The molecule has 0 saturated heterocycles. The van der Waals surface area contributed by atoms with E-state index in [9.17, 15) is 9.59 Å². The van der Waals surface area contributed by atoms with Gasteiger partial charge in [-0.15, -0.1) is 11.3 Å². The molecule has 2 heterocycles. The number of anilines is 3. The molecule has 0 spiro atoms. The number of carbonyl (C=O) groups excluding carboxylic acids is 2. The molecule has 1 atom stereocenters. The van der Waals surface area contributed by atoms with Gasteiger partial charge in [0.15, 0.2) is 5.13 Å². The number of fused-ring (bicyclic) bond motifs is 1. The maximum Gasteiger partial charge on any atom is 0.319 e. The van der Waals surface area contributed by atoms with Gasteiger partial charge in [0, 0.05) is 41.3 Å². The van der Waals surface area contributed by atoms with Gasteiger partial charge >= 0.3 is 6.03 Å². The SMILES string of the molecule is CN1CCc2nc(NC(=O)c3cccc([C@H](NC(=O)Nc4ccc(N)cc4)C4CC4)c3)sc2C1. The first kappa shape index (κ1) is 22.4. The highest BCUT2D eigenvalue weighted by molar-refractivity contribution is 7.15. The van der Waals surface area contributed by atoms with Gasteiger partial charge in [-0.1, -0.05) is 12.1 Å². The summed E-state index contributed by atoms with van der Waals surface area (Å²) >= 11 is 1.54. The van der Waals surface area contributed by atoms with Gasteiger partial charge in [0.05, 0.1) is 11.7 Å². The topological polar surface area (TPSA) is 112 Å². The fourth-order valence-corrected chi connectivity index (χ4v) is 5.28. The smallest absolute Gasteiger partial charge is 0.319 e. The van der Waals surface area contributed by atoms with Gasteiger partial charge in [-0.3, -0.25) is 10.1 Å². The molecular weight excluding hydrogens is 448 g/mol. The molecule has 8 nitrogen and oxygen atoms in total. The number of benzene rings is 2. The summed E-state index contributed by atoms with van der Waals surface area (Å²) in [5.74, 6) is 0.167. The van der Waals surface area contributed by atoms with Crippen molar-refractivity contribution in [1.82, 2.24) is 15.2 Å². The summed E-state index contributed by atoms with van der Waals surface area (Å²) in [5, 5.41) is 9.53. The van der Waals surface area contributed by atoms with Crippen LogP contribution in [0.2, 0.25) is 0 Å². The lowest BCUT2D eigenvalue weighted by Crippen LogP contribution is -2.33. The number of carbonyl (C=O) groups is 2. The van der Waals surface area contributed by atoms with Crippen molar-refractivity contribution in [2.75, 3.05) is 30.0 Å². The first-order valence-electron chi connectivity index (χ1n) is 11.5. The Bertz CT molecular complexity index is 1200. The highest BCUT2D eigenvalue weighted by Crippen LogP contribution is 2.41. The number of nitrogens with zero attached hydrogens (tertiary/aromatic N) is 2. The van der Waals surface area contributed by atoms with Crippen LogP contribution in [0.4, 0.5) is 21.3 Å². The molecule has 5 N–H and O–H groups in total. The first-order valence-corrected chi connectivity index (χ1v) is 12.3. The van der Waals surface area contributed by atoms with Crippen molar-refractivity contribution in [3.63, 3.8) is 0 Å². The average Bonchev–Trinajstić information content (AvgIpc) is 3.59. The van der Waals surface area contributed by atoms with Crippen molar-refractivity contribution in [2.24, 2.45) is 5.92 Å². The molecule has 0 radical (unpaired) electrons. The van der Waals surface area contributed by atoms with E-state index in [2.05, 4.69) is 32.9 Å². The molecule has 5 rings (SSSR count). The molecule has 1 aromatic heterocycles. The second-order valence-electron chi connectivity index (χ2n) is 8.99. The van der Waals surface area contributed by atoms with Crippen molar-refractivity contribution in [3.8, 4) is 0 Å². The number of nitrogens with one attached hydrogen (secondary N) is 3. The summed E-state index contributed by atoms with van der Waals surface area (Å²) in [6.45, 7) is 1.85. The number of nitrogens with two attached hydrogens (primary N) is 1. The van der Waals surface area contributed by atoms with E-state index in [4.69, 9.17) is 5.73 Å². The Kier molecular flexibility index (Phi) is 6.21. The zero-order valence-corrected chi connectivity index (χ0v) is 19.8. The second kappa shape index (κ2) is 9.44. The summed E-state index contributed by atoms with van der Waals surface area (Å²) in [6, 6.07) is 14.0. The van der Waals surface area contributed by atoms with E-state index in [-0.39, 0.29) is 18.0 Å². The zero-order chi connectivity index (χ0) is 23.7. The van der Waals surface area contributed by atoms with Crippen LogP contribution in [0.25, 0.3) is 0 Å². The number of rotatable bonds is 6. The number of nitrogen functional groups attached to an aromatic ring is 1. The van der Waals surface area contributed by atoms with Gasteiger partial charge in [-0.25, -0.2) is 9.78 Å². The van der Waals surface area contributed by atoms with Gasteiger partial charge in [-0.05, 0) is 67.8 Å². The van der Waals surface area contributed by atoms with Crippen LogP contribution in [0, 0.1) is 5.92 Å². The van der Waals surface area contributed by atoms with E-state index in [0.717, 1.165) is 43.6 Å². The molecule has 2 aliphatic rings. The van der Waals surface area contributed by atoms with Crippen LogP contribution in [0.1, 0.15) is 45.4 Å². The monoisotopic (exact) mass is 476 g/mol. The summed E-state index contributed by atoms with van der Waals surface area (Å²) in [7, 11) is 2.09. The van der Waals surface area contributed by atoms with Gasteiger partial charge in [-0.2, -0.15) is 0 Å². The van der Waals surface area contributed by atoms with Crippen LogP contribution in [-0.2, 0) is 13.0 Å². The molecule has 9 heteroatoms. The number of likely N-dealkylation sites (N-methyl/N-ethyl adjacent to an activating group) is 1. The number of thiazole rings is 1. The van der Waals surface area contributed by atoms with Crippen molar-refractivity contribution >= 4 is 39.8 Å². The van der Waals surface area contributed by atoms with Crippen molar-refractivity contribution < 1.29 is 9.59 Å². The van der Waals surface area contributed by atoms with E-state index < -0.39 is 0 Å². The number of aromatic nitrogens is 1. The van der Waals surface area contributed by atoms with Crippen molar-refractivity contribution in [3.05, 3.63) is 70.2 Å². The largest absolute Gasteiger partial charge is 0.399 e. The minimum Gasteiger partial charge on any atom is -0.399 e. The van der Waals surface area contributed by atoms with Gasteiger partial charge in [0.25, 0.3) is 5.91 Å². The number of amides is 3. The standard InChI is InChI=1S/C25H28N6O2S/c1-31-12-11-20-21(14-31)34-25(28-20)30-23(32)17-4-2-3-16(13-17)22(15-5-6-15)29-24(33)27-19-9-7-18(26)8-10-19/h2-4,7-10,13,15,22H,5-6,11-12,14,26H2,1H3,(H2,27,29,33)(H,28,30,32)/t22-/m1/s1. The maximum atomic E-state index is 13.0. The van der Waals surface area contributed by atoms with Gasteiger partial charge < -0.3 is 21.3 Å². The number of urea groups is 1. The van der Waals surface area contributed by atoms with Crippen LogP contribution in [0.5, 0.6) is 0 Å². The van der Waals surface area contributed by atoms with E-state index in [1.54, 1.807) is 30.3 Å². The summed E-state index contributed by atoms with van der Waals surface area (Å²) in [5.41, 5.74) is 9.58. The van der Waals surface area contributed by atoms with Crippen LogP contribution in [-0.4, -0.2) is 35.4 Å². The molecule has 1 saturated carbocycles. The first-order chi connectivity index (χ1) is 16.4. The Morgan fingerprint density at radius 3 is 2.71 bits per heavy atom. The quantitative estimate of drug-likeness (QED) is 0.398. The minimum atomic E-state index is -0.283. The van der Waals surface area contributed by atoms with Crippen LogP contribution < -0.4 is 21.7 Å². The van der Waals surface area contributed by atoms with Crippen LogP contribution in [0.15, 0.2) is 48.5 Å². The van der Waals surface area contributed by atoms with E-state index in [0.29, 0.717) is 28.0 Å². The highest BCUT2D eigenvalue weighted by Gasteiger charge is 2.34. The Morgan fingerprint density at radius 2 is 1.94 bits per heavy atom. The molecule has 0 bridgehead atoms. The molecule has 2 aromatic carbocycles. The molecule has 1 aliphatic carbocycles. The Morgan fingerprint density at radius 1 is 1.15 bits per heavy atom. The Labute approximate surface area is 202 Å². The number of hydrogen-bond acceptors (Lipinski definition) is 6. The third-order valence-electron chi connectivity index (χ3n) is 6.20. The predicted molar refractivity (Wildman–Crippen MR) is 135 cm³/mol. The molecule has 0 unspecified atom stereocenters. The highest BCUT2D eigenvalue weighted by atomic mass is 32.1. The van der Waals surface area contributed by atoms with E-state index >= 15 is 0 Å². The number of hydrogen-bond donors (Lipinski definition) is 4. The molecule has 1 fully saturated rings. The molecule has 34 heavy (non-hydrogen) atoms. The molecule has 176 valence electrons. The van der Waals surface area contributed by atoms with Gasteiger partial charge in [0.2, 0.25) is 0 Å². The van der Waals surface area contributed by atoms with Crippen molar-refractivity contribution in [2.45, 2.75) is 31.8 Å². The zero-order valence-electron chi connectivity index (χ0n) is 19.0. The van der Waals surface area contributed by atoms with E-state index in [1.165, 1.54) is 16.2 Å². The summed E-state index contributed by atoms with van der Waals surface area (Å²) < 4.78 is 0. The summed E-state index contributed by atoms with van der Waals surface area (Å²) in [6.07, 6.45) is 2.99. The Balaban J connectivity index is 1.27. The van der Waals surface area contributed by atoms with Gasteiger partial charge in [0.1, 0.15) is 0 Å². The Hall–Kier alpha value is -3.43. The molecule has 3 amide bonds. The molecular formula is C25H28N6O2S. The van der Waals surface area contributed by atoms with Crippen molar-refractivity contribution in [1.29, 1.82) is 0 Å². The lowest BCUT2D eigenvalue weighted by Gasteiger charge is -2.20. The van der Waals surface area contributed by atoms with E-state index in [1.807, 2.05) is 18.2 Å². The lowest BCUT2D eigenvalue weighted by atomic mass is 10.00. The van der Waals surface area contributed by atoms with Crippen LogP contribution >= 0.6 is 11.3 Å². The third kappa shape index (κ3) is 5.21. The second-order valence-corrected chi connectivity index (χ2v) is 10.1. The van der Waals surface area contributed by atoms with Crippen LogP contribution in [0.3, 0.4) is 0 Å². The fraction of sp³-hybridized carbons (Fsp3) is 0.320. The molecule has 3 aromatic rings. The maximum absolute atomic E-state index is 13.0. The average molecular weight is 477 g/mol.